The first-order valence-corrected chi connectivity index (χ1v) is 17.6. The first kappa shape index (κ1) is 19.8. The molecule has 2 aromatic rings. The van der Waals surface area contributed by atoms with Crippen molar-refractivity contribution in [2.24, 2.45) is 5.73 Å². The van der Waals surface area contributed by atoms with Crippen LogP contribution < -0.4 is 8.63 Å². The molecule has 0 atom stereocenters. The van der Waals surface area contributed by atoms with Crippen molar-refractivity contribution >= 4 is 43.3 Å². The second-order valence-corrected chi connectivity index (χ2v) is 22.0. The normalized spacial score (nSPS) is 12.1. The van der Waals surface area contributed by atoms with Gasteiger partial charge in [0.05, 0.1) is 0 Å². The number of aromatic nitrogens is 2. The fraction of sp³-hybridized carbons (Fsp3) is 0.667. The number of amides is 1. The van der Waals surface area contributed by atoms with E-state index >= 15 is 0 Å². The average molecular weight is 456 g/mol. The van der Waals surface area contributed by atoms with Crippen LogP contribution in [0.5, 0.6) is 0 Å². The van der Waals surface area contributed by atoms with E-state index in [1.54, 1.807) is 9.22 Å². The van der Waals surface area contributed by atoms with Crippen LogP contribution in [0.1, 0.15) is 69.8 Å². The second kappa shape index (κ2) is 9.22. The zero-order valence-electron chi connectivity index (χ0n) is 15.3. The molecule has 2 rings (SSSR count). The topological polar surface area (TPSA) is 60.4 Å². The molecule has 24 heavy (non-hydrogen) atoms. The van der Waals surface area contributed by atoms with Crippen molar-refractivity contribution in [2.45, 2.75) is 72.6 Å². The fourth-order valence-corrected chi connectivity index (χ4v) is 23.5. The first-order chi connectivity index (χ1) is 11.6. The Kier molecular flexibility index (Phi) is 7.59. The van der Waals surface area contributed by atoms with Gasteiger partial charge in [-0.2, -0.15) is 0 Å². The Morgan fingerprint density at radius 2 is 1.67 bits per heavy atom. The molecule has 0 aromatic carbocycles. The molecule has 0 radical (unpaired) electrons. The van der Waals surface area contributed by atoms with Crippen molar-refractivity contribution < 1.29 is 4.79 Å². The third-order valence-corrected chi connectivity index (χ3v) is 24.3. The summed E-state index contributed by atoms with van der Waals surface area (Å²) in [6.07, 6.45) is 11.9. The molecule has 134 valence electrons. The van der Waals surface area contributed by atoms with E-state index in [2.05, 4.69) is 32.0 Å². The minimum absolute atomic E-state index is 0.414. The molecule has 0 fully saturated rings. The van der Waals surface area contributed by atoms with Gasteiger partial charge in [0.15, 0.2) is 0 Å². The zero-order chi connectivity index (χ0) is 17.6. The summed E-state index contributed by atoms with van der Waals surface area (Å²) in [5.41, 5.74) is 5.93. The number of imidazole rings is 1. The van der Waals surface area contributed by atoms with Crippen LogP contribution in [0.2, 0.25) is 13.3 Å². The van der Waals surface area contributed by atoms with E-state index in [1.807, 2.05) is 15.7 Å². The van der Waals surface area contributed by atoms with Gasteiger partial charge in [-0.1, -0.05) is 0 Å². The Bertz CT molecular complexity index is 643. The average Bonchev–Trinajstić information content (AvgIpc) is 3.15. The predicted octanol–water partition coefficient (Wildman–Crippen LogP) is 4.55. The zero-order valence-corrected chi connectivity index (χ0v) is 19.0. The van der Waals surface area contributed by atoms with E-state index in [1.165, 1.54) is 51.8 Å². The third kappa shape index (κ3) is 4.34. The molecule has 0 saturated heterocycles. The number of hydrogen-bond donors (Lipinski definition) is 1. The van der Waals surface area contributed by atoms with Crippen LogP contribution in [0, 0.1) is 0 Å². The standard InChI is InChI=1S/C6H4N3OS.3C4H9.Sn/c7-5(10)4-6-9(3-8-4)1-2-11-6;3*1-3-4-2;/h1,3H,(H2,7,10);3*1,3-4H2,2H3;. The van der Waals surface area contributed by atoms with Gasteiger partial charge in [0.1, 0.15) is 0 Å². The molecule has 2 N–H and O–H groups in total. The molecular weight excluding hydrogens is 425 g/mol. The quantitative estimate of drug-likeness (QED) is 0.505. The van der Waals surface area contributed by atoms with Gasteiger partial charge in [0, 0.05) is 0 Å². The Morgan fingerprint density at radius 3 is 2.12 bits per heavy atom. The summed E-state index contributed by atoms with van der Waals surface area (Å²) in [5.74, 6) is -0.414. The van der Waals surface area contributed by atoms with E-state index in [4.69, 9.17) is 5.73 Å². The van der Waals surface area contributed by atoms with Gasteiger partial charge in [-0.15, -0.1) is 0 Å². The summed E-state index contributed by atoms with van der Waals surface area (Å²) >= 11 is -0.611. The van der Waals surface area contributed by atoms with Crippen LogP contribution >= 0.6 is 11.3 Å². The molecule has 0 saturated carbocycles. The van der Waals surface area contributed by atoms with Crippen molar-refractivity contribution in [3.05, 3.63) is 18.2 Å². The maximum absolute atomic E-state index is 11.6. The third-order valence-electron chi connectivity index (χ3n) is 4.99. The number of carbonyl (C=O) groups is 1. The van der Waals surface area contributed by atoms with Gasteiger partial charge in [0.2, 0.25) is 0 Å². The monoisotopic (exact) mass is 457 g/mol. The van der Waals surface area contributed by atoms with Crippen molar-refractivity contribution in [3.63, 3.8) is 0 Å². The summed E-state index contributed by atoms with van der Waals surface area (Å²) < 4.78 is 7.96. The molecule has 0 unspecified atom stereocenters. The summed E-state index contributed by atoms with van der Waals surface area (Å²) in [6.45, 7) is 6.89. The van der Waals surface area contributed by atoms with Crippen LogP contribution in [-0.2, 0) is 0 Å². The maximum atomic E-state index is 11.6. The molecule has 2 heterocycles. The van der Waals surface area contributed by atoms with Crippen LogP contribution in [0.3, 0.4) is 0 Å². The molecule has 2 aromatic heterocycles. The molecule has 0 spiro atoms. The number of rotatable bonds is 11. The first-order valence-electron chi connectivity index (χ1n) is 9.34. The number of nitrogens with zero attached hydrogens (tertiary/aromatic N) is 2. The van der Waals surface area contributed by atoms with Crippen LogP contribution in [0.25, 0.3) is 4.83 Å². The summed E-state index contributed by atoms with van der Waals surface area (Å²) in [6, 6.07) is 0. The van der Waals surface area contributed by atoms with E-state index in [0.717, 1.165) is 4.83 Å². The number of nitrogens with two attached hydrogens (primary N) is 1. The fourth-order valence-electron chi connectivity index (χ4n) is 3.50. The Balaban J connectivity index is 2.44. The van der Waals surface area contributed by atoms with Gasteiger partial charge in [0.25, 0.3) is 0 Å². The van der Waals surface area contributed by atoms with E-state index in [0.29, 0.717) is 5.69 Å². The van der Waals surface area contributed by atoms with E-state index < -0.39 is 24.3 Å². The number of thiazole rings is 1. The van der Waals surface area contributed by atoms with Gasteiger partial charge in [-0.3, -0.25) is 0 Å². The van der Waals surface area contributed by atoms with E-state index in [-0.39, 0.29) is 0 Å². The molecular formula is C18H31N3OSSn. The summed E-state index contributed by atoms with van der Waals surface area (Å²) in [7, 11) is 0. The molecule has 0 aliphatic rings. The number of fused-ring (bicyclic) bond motifs is 1. The number of carbonyl (C=O) groups excluding carboxylic acids is 1. The Hall–Kier alpha value is -0.561. The van der Waals surface area contributed by atoms with Crippen LogP contribution in [0.15, 0.2) is 12.5 Å². The van der Waals surface area contributed by atoms with Crippen molar-refractivity contribution in [2.75, 3.05) is 0 Å². The molecule has 0 bridgehead atoms. The SMILES string of the molecule is CCC[CH2][Sn]([CH2]CCC)([CH2]CCC)[c]1cn2cnc(C(N)=O)c2s1. The predicted molar refractivity (Wildman–Crippen MR) is 106 cm³/mol. The van der Waals surface area contributed by atoms with Crippen LogP contribution in [-0.4, -0.2) is 33.7 Å². The number of primary amides is 1. The molecule has 0 aliphatic carbocycles. The van der Waals surface area contributed by atoms with Crippen molar-refractivity contribution in [3.8, 4) is 0 Å². The summed E-state index contributed by atoms with van der Waals surface area (Å²) in [5, 5.41) is 0. The molecule has 1 amide bonds. The van der Waals surface area contributed by atoms with Gasteiger partial charge in [-0.05, 0) is 0 Å². The number of hydrogen-bond acceptors (Lipinski definition) is 3. The van der Waals surface area contributed by atoms with E-state index in [9.17, 15) is 4.79 Å². The Labute approximate surface area is 153 Å². The minimum atomic E-state index is -2.42. The van der Waals surface area contributed by atoms with Crippen molar-refractivity contribution in [1.29, 1.82) is 0 Å². The van der Waals surface area contributed by atoms with Gasteiger partial charge >= 0.3 is 154 Å². The molecule has 0 aliphatic heterocycles. The Morgan fingerprint density at radius 1 is 1.12 bits per heavy atom. The van der Waals surface area contributed by atoms with Gasteiger partial charge < -0.3 is 0 Å². The van der Waals surface area contributed by atoms with Crippen LogP contribution in [0.4, 0.5) is 0 Å². The number of unbranched alkanes of at least 4 members (excludes halogenated alkanes) is 3. The summed E-state index contributed by atoms with van der Waals surface area (Å²) in [4.78, 5) is 16.8. The molecule has 4 nitrogen and oxygen atoms in total. The van der Waals surface area contributed by atoms with Gasteiger partial charge in [-0.25, -0.2) is 0 Å². The molecule has 6 heteroatoms. The van der Waals surface area contributed by atoms with Crippen molar-refractivity contribution in [1.82, 2.24) is 9.38 Å². The second-order valence-electron chi connectivity index (χ2n) is 6.86.